The maximum atomic E-state index is 6.07. The lowest BCUT2D eigenvalue weighted by Crippen LogP contribution is -2.20. The summed E-state index contributed by atoms with van der Waals surface area (Å²) < 4.78 is 6.46. The summed E-state index contributed by atoms with van der Waals surface area (Å²) in [5.74, 6) is 2.90. The summed E-state index contributed by atoms with van der Waals surface area (Å²) in [5, 5.41) is 0. The molecular formula is C10H12BrNOS. The van der Waals surface area contributed by atoms with E-state index in [9.17, 15) is 0 Å². The third kappa shape index (κ3) is 1.66. The fourth-order valence-electron chi connectivity index (χ4n) is 1.72. The molecule has 1 aromatic carbocycles. The second-order valence-electron chi connectivity index (χ2n) is 3.26. The fourth-order valence-corrected chi connectivity index (χ4v) is 3.44. The van der Waals surface area contributed by atoms with Gasteiger partial charge in [0.25, 0.3) is 0 Å². The summed E-state index contributed by atoms with van der Waals surface area (Å²) in [6.45, 7) is 0. The van der Waals surface area contributed by atoms with Crippen LogP contribution in [0.15, 0.2) is 16.6 Å². The Kier molecular flexibility index (Phi) is 3.04. The van der Waals surface area contributed by atoms with Gasteiger partial charge in [-0.1, -0.05) is 15.9 Å². The molecule has 1 aliphatic heterocycles. The first-order valence-corrected chi connectivity index (χ1v) is 6.37. The van der Waals surface area contributed by atoms with E-state index in [1.54, 1.807) is 7.11 Å². The van der Waals surface area contributed by atoms with Gasteiger partial charge in [-0.3, -0.25) is 0 Å². The summed E-state index contributed by atoms with van der Waals surface area (Å²) in [6, 6.07) is 4.09. The number of nitrogens with two attached hydrogens (primary N) is 1. The normalized spacial score (nSPS) is 20.4. The lowest BCUT2D eigenvalue weighted by atomic mass is 10.0. The number of methoxy groups -OCH3 is 1. The van der Waals surface area contributed by atoms with Crippen LogP contribution in [0.5, 0.6) is 5.75 Å². The summed E-state index contributed by atoms with van der Waals surface area (Å²) >= 11 is 5.42. The highest BCUT2D eigenvalue weighted by molar-refractivity contribution is 9.10. The van der Waals surface area contributed by atoms with Crippen molar-refractivity contribution in [1.29, 1.82) is 0 Å². The van der Waals surface area contributed by atoms with Crippen molar-refractivity contribution in [3.63, 3.8) is 0 Å². The lowest BCUT2D eigenvalue weighted by molar-refractivity contribution is 0.406. The Labute approximate surface area is 96.3 Å². The van der Waals surface area contributed by atoms with Crippen molar-refractivity contribution < 1.29 is 4.74 Å². The van der Waals surface area contributed by atoms with Crippen LogP contribution < -0.4 is 10.5 Å². The van der Waals surface area contributed by atoms with Gasteiger partial charge < -0.3 is 10.5 Å². The van der Waals surface area contributed by atoms with Gasteiger partial charge in [-0.2, -0.15) is 11.8 Å². The Balaban J connectivity index is 2.58. The van der Waals surface area contributed by atoms with Crippen LogP contribution in [0.25, 0.3) is 0 Å². The number of fused-ring (bicyclic) bond motifs is 1. The van der Waals surface area contributed by atoms with Crippen LogP contribution in [0.2, 0.25) is 0 Å². The molecular weight excluding hydrogens is 262 g/mol. The summed E-state index contributed by atoms with van der Waals surface area (Å²) in [6.07, 6.45) is 0. The first-order valence-electron chi connectivity index (χ1n) is 4.42. The van der Waals surface area contributed by atoms with Gasteiger partial charge in [-0.15, -0.1) is 0 Å². The van der Waals surface area contributed by atoms with Crippen LogP contribution in [-0.2, 0) is 5.75 Å². The molecule has 0 saturated heterocycles. The van der Waals surface area contributed by atoms with Crippen LogP contribution in [0.1, 0.15) is 17.2 Å². The molecule has 0 spiro atoms. The monoisotopic (exact) mass is 273 g/mol. The highest BCUT2D eigenvalue weighted by Crippen LogP contribution is 2.40. The van der Waals surface area contributed by atoms with Crippen molar-refractivity contribution in [2.45, 2.75) is 11.8 Å². The van der Waals surface area contributed by atoms with Gasteiger partial charge in [0.1, 0.15) is 5.75 Å². The molecule has 0 aliphatic carbocycles. The average Bonchev–Trinajstić information content (AvgIpc) is 2.20. The minimum atomic E-state index is 0.0937. The molecule has 2 rings (SSSR count). The molecule has 1 aromatic rings. The average molecular weight is 274 g/mol. The van der Waals surface area contributed by atoms with Gasteiger partial charge in [0, 0.05) is 27.6 Å². The van der Waals surface area contributed by atoms with Crippen LogP contribution in [0.3, 0.4) is 0 Å². The number of hydrogen-bond acceptors (Lipinski definition) is 3. The predicted molar refractivity (Wildman–Crippen MR) is 63.8 cm³/mol. The van der Waals surface area contributed by atoms with E-state index in [-0.39, 0.29) is 6.04 Å². The van der Waals surface area contributed by atoms with Gasteiger partial charge in [-0.25, -0.2) is 0 Å². The molecule has 0 aromatic heterocycles. The number of hydrogen-bond donors (Lipinski definition) is 1. The zero-order valence-corrected chi connectivity index (χ0v) is 10.3. The van der Waals surface area contributed by atoms with Crippen molar-refractivity contribution in [2.75, 3.05) is 12.9 Å². The van der Waals surface area contributed by atoms with Crippen molar-refractivity contribution in [3.05, 3.63) is 27.7 Å². The second kappa shape index (κ2) is 4.13. The van der Waals surface area contributed by atoms with Crippen molar-refractivity contribution in [3.8, 4) is 5.75 Å². The molecule has 0 bridgehead atoms. The molecule has 4 heteroatoms. The zero-order valence-electron chi connectivity index (χ0n) is 7.92. The third-order valence-electron chi connectivity index (χ3n) is 2.39. The van der Waals surface area contributed by atoms with E-state index >= 15 is 0 Å². The van der Waals surface area contributed by atoms with Crippen molar-refractivity contribution >= 4 is 27.7 Å². The second-order valence-corrected chi connectivity index (χ2v) is 5.15. The van der Waals surface area contributed by atoms with Gasteiger partial charge in [0.05, 0.1) is 7.11 Å². The van der Waals surface area contributed by atoms with Gasteiger partial charge in [0.15, 0.2) is 0 Å². The van der Waals surface area contributed by atoms with Crippen molar-refractivity contribution in [1.82, 2.24) is 0 Å². The van der Waals surface area contributed by atoms with Gasteiger partial charge in [0.2, 0.25) is 0 Å². The first kappa shape index (κ1) is 10.3. The molecule has 0 amide bonds. The number of halogens is 1. The molecule has 0 unspecified atom stereocenters. The van der Waals surface area contributed by atoms with Gasteiger partial charge >= 0.3 is 0 Å². The molecule has 2 N–H and O–H groups in total. The molecule has 1 atom stereocenters. The smallest absolute Gasteiger partial charge is 0.124 e. The lowest BCUT2D eigenvalue weighted by Gasteiger charge is -2.25. The van der Waals surface area contributed by atoms with E-state index in [2.05, 4.69) is 15.9 Å². The molecule has 2 nitrogen and oxygen atoms in total. The Morgan fingerprint density at radius 3 is 3.07 bits per heavy atom. The van der Waals surface area contributed by atoms with Crippen LogP contribution in [0, 0.1) is 0 Å². The SMILES string of the molecule is COc1ccc(Br)c2c1[C@H](N)CSC2. The van der Waals surface area contributed by atoms with E-state index in [1.165, 1.54) is 11.1 Å². The van der Waals surface area contributed by atoms with Crippen LogP contribution in [-0.4, -0.2) is 12.9 Å². The minimum absolute atomic E-state index is 0.0937. The number of ether oxygens (including phenoxy) is 1. The van der Waals surface area contributed by atoms with E-state index < -0.39 is 0 Å². The summed E-state index contributed by atoms with van der Waals surface area (Å²) in [5.41, 5.74) is 8.52. The zero-order chi connectivity index (χ0) is 10.1. The Bertz CT molecular complexity index is 356. The molecule has 0 saturated carbocycles. The highest BCUT2D eigenvalue weighted by atomic mass is 79.9. The van der Waals surface area contributed by atoms with Crippen LogP contribution in [0.4, 0.5) is 0 Å². The maximum absolute atomic E-state index is 6.07. The van der Waals surface area contributed by atoms with Crippen molar-refractivity contribution in [2.24, 2.45) is 5.73 Å². The van der Waals surface area contributed by atoms with Gasteiger partial charge in [-0.05, 0) is 17.7 Å². The Morgan fingerprint density at radius 2 is 2.36 bits per heavy atom. The molecule has 0 fully saturated rings. The minimum Gasteiger partial charge on any atom is -0.496 e. The Morgan fingerprint density at radius 1 is 1.57 bits per heavy atom. The highest BCUT2D eigenvalue weighted by Gasteiger charge is 2.22. The topological polar surface area (TPSA) is 35.2 Å². The fraction of sp³-hybridized carbons (Fsp3) is 0.400. The molecule has 1 aliphatic rings. The third-order valence-corrected chi connectivity index (χ3v) is 4.22. The van der Waals surface area contributed by atoms with Crippen LogP contribution >= 0.6 is 27.7 Å². The van der Waals surface area contributed by atoms with E-state index in [0.717, 1.165) is 21.7 Å². The van der Waals surface area contributed by atoms with E-state index in [1.807, 2.05) is 23.9 Å². The summed E-state index contributed by atoms with van der Waals surface area (Å²) in [7, 11) is 1.69. The quantitative estimate of drug-likeness (QED) is 0.855. The Hall–Kier alpha value is -0.190. The molecule has 1 heterocycles. The van der Waals surface area contributed by atoms with E-state index in [0.29, 0.717) is 0 Å². The van der Waals surface area contributed by atoms with E-state index in [4.69, 9.17) is 10.5 Å². The number of thioether (sulfide) groups is 1. The first-order chi connectivity index (χ1) is 6.74. The molecule has 76 valence electrons. The largest absolute Gasteiger partial charge is 0.496 e. The molecule has 14 heavy (non-hydrogen) atoms. The number of rotatable bonds is 1. The standard InChI is InChI=1S/C10H12BrNOS/c1-13-9-3-2-7(11)6-4-14-5-8(12)10(6)9/h2-3,8H,4-5,12H2,1H3/t8-/m1/s1. The maximum Gasteiger partial charge on any atom is 0.124 e. The molecule has 0 radical (unpaired) electrons. The number of benzene rings is 1. The summed E-state index contributed by atoms with van der Waals surface area (Å²) in [4.78, 5) is 0. The predicted octanol–water partition coefficient (Wildman–Crippen LogP) is 2.70.